The van der Waals surface area contributed by atoms with Gasteiger partial charge in [0.1, 0.15) is 5.82 Å². The molecule has 1 aromatic heterocycles. The van der Waals surface area contributed by atoms with Gasteiger partial charge < -0.3 is 10.2 Å². The van der Waals surface area contributed by atoms with Crippen molar-refractivity contribution < 1.29 is 0 Å². The minimum absolute atomic E-state index is 0.726. The molecule has 4 heteroatoms. The topological polar surface area (TPSA) is 41.1 Å². The van der Waals surface area contributed by atoms with E-state index in [0.29, 0.717) is 0 Å². The molecule has 2 bridgehead atoms. The Balaban J connectivity index is 1.87. The van der Waals surface area contributed by atoms with Crippen molar-refractivity contribution in [2.24, 2.45) is 5.92 Å². The highest BCUT2D eigenvalue weighted by Crippen LogP contribution is 2.39. The maximum Gasteiger partial charge on any atom is 0.224 e. The van der Waals surface area contributed by atoms with Crippen LogP contribution in [0.15, 0.2) is 6.07 Å². The molecule has 1 aliphatic carbocycles. The van der Waals surface area contributed by atoms with E-state index >= 15 is 0 Å². The number of aryl methyl sites for hydroxylation is 1. The highest BCUT2D eigenvalue weighted by atomic mass is 15.3. The van der Waals surface area contributed by atoms with Crippen molar-refractivity contribution in [3.63, 3.8) is 0 Å². The molecule has 4 nitrogen and oxygen atoms in total. The van der Waals surface area contributed by atoms with Crippen LogP contribution in [0.4, 0.5) is 11.8 Å². The van der Waals surface area contributed by atoms with Crippen molar-refractivity contribution >= 4 is 11.8 Å². The molecule has 2 heterocycles. The van der Waals surface area contributed by atoms with E-state index < -0.39 is 0 Å². The van der Waals surface area contributed by atoms with Gasteiger partial charge in [-0.25, -0.2) is 4.98 Å². The number of nitrogens with zero attached hydrogens (tertiary/aromatic N) is 3. The SMILES string of the molecule is CCNc1nc(C)cc(N2CC3CCC2C3)n1. The number of hydrogen-bond donors (Lipinski definition) is 1. The summed E-state index contributed by atoms with van der Waals surface area (Å²) >= 11 is 0. The van der Waals surface area contributed by atoms with Crippen molar-refractivity contribution in [1.82, 2.24) is 9.97 Å². The van der Waals surface area contributed by atoms with Crippen LogP contribution in [0.2, 0.25) is 0 Å². The van der Waals surface area contributed by atoms with Gasteiger partial charge in [-0.2, -0.15) is 4.98 Å². The summed E-state index contributed by atoms with van der Waals surface area (Å²) < 4.78 is 0. The first kappa shape index (κ1) is 10.8. The van der Waals surface area contributed by atoms with Crippen LogP contribution in [0.5, 0.6) is 0 Å². The molecule has 0 spiro atoms. The number of fused-ring (bicyclic) bond motifs is 2. The minimum atomic E-state index is 0.726. The van der Waals surface area contributed by atoms with Gasteiger partial charge in [0.25, 0.3) is 0 Å². The van der Waals surface area contributed by atoms with Crippen LogP contribution in [0.25, 0.3) is 0 Å². The second kappa shape index (κ2) is 4.17. The third-order valence-corrected chi connectivity index (χ3v) is 3.88. The van der Waals surface area contributed by atoms with Crippen molar-refractivity contribution in [2.75, 3.05) is 23.3 Å². The summed E-state index contributed by atoms with van der Waals surface area (Å²) in [5.74, 6) is 2.78. The summed E-state index contributed by atoms with van der Waals surface area (Å²) in [7, 11) is 0. The molecule has 2 aliphatic rings. The Bertz CT molecular complexity index is 418. The fourth-order valence-electron chi connectivity index (χ4n) is 3.14. The molecule has 1 saturated heterocycles. The van der Waals surface area contributed by atoms with Gasteiger partial charge in [-0.3, -0.25) is 0 Å². The Hall–Kier alpha value is -1.32. The summed E-state index contributed by atoms with van der Waals surface area (Å²) in [6, 6.07) is 2.84. The van der Waals surface area contributed by atoms with Crippen LogP contribution in [0.3, 0.4) is 0 Å². The molecule has 3 rings (SSSR count). The van der Waals surface area contributed by atoms with E-state index in [2.05, 4.69) is 33.2 Å². The maximum absolute atomic E-state index is 4.63. The monoisotopic (exact) mass is 232 g/mol. The zero-order chi connectivity index (χ0) is 11.8. The summed E-state index contributed by atoms with van der Waals surface area (Å²) in [4.78, 5) is 11.5. The molecule has 0 amide bonds. The van der Waals surface area contributed by atoms with E-state index in [0.717, 1.165) is 36.0 Å². The number of piperidine rings is 1. The van der Waals surface area contributed by atoms with Gasteiger partial charge in [-0.1, -0.05) is 0 Å². The molecule has 17 heavy (non-hydrogen) atoms. The van der Waals surface area contributed by atoms with Crippen LogP contribution in [0, 0.1) is 12.8 Å². The van der Waals surface area contributed by atoms with E-state index in [1.807, 2.05) is 6.92 Å². The van der Waals surface area contributed by atoms with Gasteiger partial charge >= 0.3 is 0 Å². The van der Waals surface area contributed by atoms with E-state index in [1.54, 1.807) is 0 Å². The lowest BCUT2D eigenvalue weighted by atomic mass is 10.1. The summed E-state index contributed by atoms with van der Waals surface area (Å²) in [5.41, 5.74) is 1.05. The van der Waals surface area contributed by atoms with Gasteiger partial charge in [0.15, 0.2) is 0 Å². The van der Waals surface area contributed by atoms with Crippen LogP contribution in [-0.4, -0.2) is 29.1 Å². The molecule has 1 N–H and O–H groups in total. The normalized spacial score (nSPS) is 26.6. The molecule has 0 aromatic carbocycles. The van der Waals surface area contributed by atoms with Crippen LogP contribution >= 0.6 is 0 Å². The summed E-state index contributed by atoms with van der Waals surface area (Å²) in [6.07, 6.45) is 4.11. The van der Waals surface area contributed by atoms with Crippen molar-refractivity contribution in [3.05, 3.63) is 11.8 Å². The largest absolute Gasteiger partial charge is 0.354 e. The Morgan fingerprint density at radius 2 is 2.29 bits per heavy atom. The Morgan fingerprint density at radius 1 is 1.41 bits per heavy atom. The van der Waals surface area contributed by atoms with Crippen molar-refractivity contribution in [3.8, 4) is 0 Å². The lowest BCUT2D eigenvalue weighted by molar-refractivity contribution is 0.550. The molecule has 1 aliphatic heterocycles. The predicted octanol–water partition coefficient (Wildman–Crippen LogP) is 2.21. The number of aromatic nitrogens is 2. The molecular weight excluding hydrogens is 212 g/mol. The quantitative estimate of drug-likeness (QED) is 0.867. The molecule has 2 fully saturated rings. The third kappa shape index (κ3) is 1.96. The van der Waals surface area contributed by atoms with Crippen LogP contribution in [0.1, 0.15) is 31.9 Å². The third-order valence-electron chi connectivity index (χ3n) is 3.88. The first-order valence-electron chi connectivity index (χ1n) is 6.62. The second-order valence-electron chi connectivity index (χ2n) is 5.21. The minimum Gasteiger partial charge on any atom is -0.354 e. The first-order valence-corrected chi connectivity index (χ1v) is 6.62. The average molecular weight is 232 g/mol. The van der Waals surface area contributed by atoms with Crippen molar-refractivity contribution in [2.45, 2.75) is 39.2 Å². The average Bonchev–Trinajstić information content (AvgIpc) is 2.90. The molecule has 2 atom stereocenters. The Kier molecular flexibility index (Phi) is 2.65. The zero-order valence-electron chi connectivity index (χ0n) is 10.6. The highest BCUT2D eigenvalue weighted by Gasteiger charge is 2.38. The fourth-order valence-corrected chi connectivity index (χ4v) is 3.14. The number of hydrogen-bond acceptors (Lipinski definition) is 4. The summed E-state index contributed by atoms with van der Waals surface area (Å²) in [5, 5.41) is 3.21. The molecular formula is C13H20N4. The highest BCUT2D eigenvalue weighted by molar-refractivity contribution is 5.47. The molecule has 1 saturated carbocycles. The van der Waals surface area contributed by atoms with Gasteiger partial charge in [-0.05, 0) is 39.0 Å². The zero-order valence-corrected chi connectivity index (χ0v) is 10.6. The summed E-state index contributed by atoms with van der Waals surface area (Å²) in [6.45, 7) is 6.17. The fraction of sp³-hybridized carbons (Fsp3) is 0.692. The van der Waals surface area contributed by atoms with Gasteiger partial charge in [0, 0.05) is 30.9 Å². The number of rotatable bonds is 3. The standard InChI is InChI=1S/C13H20N4/c1-3-14-13-15-9(2)6-12(16-13)17-8-10-4-5-11(17)7-10/h6,10-11H,3-5,7-8H2,1-2H3,(H,14,15,16). The van der Waals surface area contributed by atoms with E-state index in [1.165, 1.54) is 25.8 Å². The van der Waals surface area contributed by atoms with Crippen LogP contribution < -0.4 is 10.2 Å². The molecule has 2 unspecified atom stereocenters. The van der Waals surface area contributed by atoms with Crippen LogP contribution in [-0.2, 0) is 0 Å². The van der Waals surface area contributed by atoms with E-state index in [4.69, 9.17) is 0 Å². The lowest BCUT2D eigenvalue weighted by Gasteiger charge is -2.28. The maximum atomic E-state index is 4.63. The Labute approximate surface area is 102 Å². The Morgan fingerprint density at radius 3 is 2.94 bits per heavy atom. The number of nitrogens with one attached hydrogen (secondary N) is 1. The van der Waals surface area contributed by atoms with Crippen molar-refractivity contribution in [1.29, 1.82) is 0 Å². The van der Waals surface area contributed by atoms with Gasteiger partial charge in [-0.15, -0.1) is 0 Å². The number of anilines is 2. The van der Waals surface area contributed by atoms with E-state index in [9.17, 15) is 0 Å². The van der Waals surface area contributed by atoms with E-state index in [-0.39, 0.29) is 0 Å². The lowest BCUT2D eigenvalue weighted by Crippen LogP contribution is -2.32. The first-order chi connectivity index (χ1) is 8.26. The predicted molar refractivity (Wildman–Crippen MR) is 69.4 cm³/mol. The molecule has 92 valence electrons. The molecule has 1 aromatic rings. The smallest absolute Gasteiger partial charge is 0.224 e. The van der Waals surface area contributed by atoms with Gasteiger partial charge in [0.2, 0.25) is 5.95 Å². The molecule has 0 radical (unpaired) electrons. The second-order valence-corrected chi connectivity index (χ2v) is 5.21. The van der Waals surface area contributed by atoms with Gasteiger partial charge in [0.05, 0.1) is 0 Å².